The second-order valence-electron chi connectivity index (χ2n) is 7.39. The van der Waals surface area contributed by atoms with E-state index in [-0.39, 0.29) is 29.1 Å². The zero-order valence-electron chi connectivity index (χ0n) is 18.0. The van der Waals surface area contributed by atoms with Crippen LogP contribution in [0, 0.1) is 6.92 Å². The summed E-state index contributed by atoms with van der Waals surface area (Å²) in [6.45, 7) is 1.72. The van der Waals surface area contributed by atoms with Gasteiger partial charge in [-0.05, 0) is 36.2 Å². The van der Waals surface area contributed by atoms with Crippen LogP contribution in [0.25, 0.3) is 11.0 Å². The number of fused-ring (bicyclic) bond motifs is 1. The van der Waals surface area contributed by atoms with Gasteiger partial charge in [-0.3, -0.25) is 9.52 Å². The fraction of sp³-hybridized carbons (Fsp3) is 0.190. The van der Waals surface area contributed by atoms with Crippen LogP contribution in [-0.2, 0) is 21.4 Å². The molecule has 3 rings (SSSR count). The third-order valence-corrected chi connectivity index (χ3v) is 5.25. The summed E-state index contributed by atoms with van der Waals surface area (Å²) in [6, 6.07) is 9.33. The van der Waals surface area contributed by atoms with E-state index in [0.717, 1.165) is 0 Å². The third kappa shape index (κ3) is 5.67. The van der Waals surface area contributed by atoms with Crippen molar-refractivity contribution in [1.29, 1.82) is 0 Å². The second-order valence-corrected chi connectivity index (χ2v) is 8.68. The van der Waals surface area contributed by atoms with Crippen molar-refractivity contribution in [1.82, 2.24) is 4.90 Å². The average Bonchev–Trinajstić information content (AvgIpc) is 2.71. The number of hydrogen-bond acceptors (Lipinski definition) is 7. The predicted molar refractivity (Wildman–Crippen MR) is 123 cm³/mol. The van der Waals surface area contributed by atoms with E-state index in [1.54, 1.807) is 31.2 Å². The normalized spacial score (nSPS) is 11.2. The minimum absolute atomic E-state index is 0.0189. The van der Waals surface area contributed by atoms with Crippen molar-refractivity contribution in [3.63, 3.8) is 0 Å². The number of nitrogens with two attached hydrogens (primary N) is 1. The van der Waals surface area contributed by atoms with E-state index in [4.69, 9.17) is 14.3 Å². The minimum Gasteiger partial charge on any atom is -0.422 e. The summed E-state index contributed by atoms with van der Waals surface area (Å²) in [5, 5.41) is 8.01. The number of rotatable bonds is 7. The maximum absolute atomic E-state index is 12.7. The first-order valence-corrected chi connectivity index (χ1v) is 11.1. The summed E-state index contributed by atoms with van der Waals surface area (Å²) < 4.78 is 35.5. The monoisotopic (exact) mass is 474 g/mol. The van der Waals surface area contributed by atoms with Crippen LogP contribution in [0.3, 0.4) is 0 Å². The Hall–Kier alpha value is -3.90. The lowest BCUT2D eigenvalue weighted by Gasteiger charge is -2.15. The summed E-state index contributed by atoms with van der Waals surface area (Å²) in [4.78, 5) is 37.0. The lowest BCUT2D eigenvalue weighted by Crippen LogP contribution is -2.25. The molecule has 0 aliphatic carbocycles. The topological polar surface area (TPSA) is 161 Å². The molecule has 0 aliphatic rings. The van der Waals surface area contributed by atoms with E-state index in [1.807, 2.05) is 0 Å². The Morgan fingerprint density at radius 3 is 2.61 bits per heavy atom. The summed E-state index contributed by atoms with van der Waals surface area (Å²) >= 11 is 0. The van der Waals surface area contributed by atoms with Crippen LogP contribution in [-0.4, -0.2) is 39.9 Å². The van der Waals surface area contributed by atoms with Gasteiger partial charge in [0.2, 0.25) is 6.41 Å². The Balaban J connectivity index is 2.06. The SMILES string of the molecule is Cc1c(Cc2cccc(NS(N)(=O)=O)c2)c(=O)oc2cc(OC(=O)N(C)C)c(NC=O)cc12. The molecule has 2 aromatic carbocycles. The molecule has 12 heteroatoms. The number of benzene rings is 2. The number of carbonyl (C=O) groups is 2. The fourth-order valence-electron chi connectivity index (χ4n) is 3.18. The Morgan fingerprint density at radius 2 is 1.97 bits per heavy atom. The van der Waals surface area contributed by atoms with Gasteiger partial charge in [0.25, 0.3) is 10.2 Å². The van der Waals surface area contributed by atoms with E-state index in [0.29, 0.717) is 28.5 Å². The quantitative estimate of drug-likeness (QED) is 0.348. The molecule has 1 heterocycles. The maximum Gasteiger partial charge on any atom is 0.414 e. The molecule has 4 N–H and O–H groups in total. The summed E-state index contributed by atoms with van der Waals surface area (Å²) in [5.41, 5.74) is 1.60. The summed E-state index contributed by atoms with van der Waals surface area (Å²) in [7, 11) is -0.945. The van der Waals surface area contributed by atoms with E-state index in [1.165, 1.54) is 31.1 Å². The first-order chi connectivity index (χ1) is 15.5. The molecule has 1 aromatic heterocycles. The van der Waals surface area contributed by atoms with Crippen molar-refractivity contribution in [3.05, 3.63) is 63.5 Å². The van der Waals surface area contributed by atoms with Gasteiger partial charge < -0.3 is 19.4 Å². The van der Waals surface area contributed by atoms with Crippen molar-refractivity contribution in [2.24, 2.45) is 5.14 Å². The Kier molecular flexibility index (Phi) is 6.70. The maximum atomic E-state index is 12.7. The molecular weight excluding hydrogens is 452 g/mol. The molecule has 0 saturated heterocycles. The highest BCUT2D eigenvalue weighted by atomic mass is 32.2. The molecule has 3 aromatic rings. The number of anilines is 2. The molecule has 33 heavy (non-hydrogen) atoms. The van der Waals surface area contributed by atoms with Gasteiger partial charge in [-0.2, -0.15) is 8.42 Å². The largest absolute Gasteiger partial charge is 0.422 e. The zero-order chi connectivity index (χ0) is 24.3. The van der Waals surface area contributed by atoms with E-state index in [2.05, 4.69) is 10.0 Å². The number of aryl methyl sites for hydroxylation is 1. The Bertz CT molecular complexity index is 1400. The number of nitrogens with zero attached hydrogens (tertiary/aromatic N) is 1. The van der Waals surface area contributed by atoms with Crippen molar-refractivity contribution in [2.75, 3.05) is 24.1 Å². The van der Waals surface area contributed by atoms with Gasteiger partial charge in [0.1, 0.15) is 5.58 Å². The van der Waals surface area contributed by atoms with Crippen molar-refractivity contribution in [2.45, 2.75) is 13.3 Å². The molecule has 0 atom stereocenters. The molecule has 0 aliphatic heterocycles. The fourth-order valence-corrected chi connectivity index (χ4v) is 3.64. The summed E-state index contributed by atoms with van der Waals surface area (Å²) in [6.07, 6.45) is -0.0852. The number of carbonyl (C=O) groups excluding carboxylic acids is 2. The number of amides is 2. The lowest BCUT2D eigenvalue weighted by molar-refractivity contribution is -0.105. The standard InChI is InChI=1S/C21H22N4O7S/c1-12-15-9-17(23-11-26)19(32-21(28)25(2)3)10-18(15)31-20(27)16(12)8-13-5-4-6-14(7-13)24-33(22,29)30/h4-7,9-11,24H,8H2,1-3H3,(H,23,26)(H2,22,29,30). The van der Waals surface area contributed by atoms with Crippen LogP contribution in [0.5, 0.6) is 5.75 Å². The molecule has 11 nitrogen and oxygen atoms in total. The van der Waals surface area contributed by atoms with Gasteiger partial charge in [0.15, 0.2) is 5.75 Å². The van der Waals surface area contributed by atoms with Gasteiger partial charge in [0.05, 0.1) is 11.4 Å². The molecule has 0 bridgehead atoms. The first-order valence-electron chi connectivity index (χ1n) is 9.57. The molecule has 174 valence electrons. The van der Waals surface area contributed by atoms with Gasteiger partial charge in [-0.25, -0.2) is 14.7 Å². The highest BCUT2D eigenvalue weighted by Gasteiger charge is 2.18. The van der Waals surface area contributed by atoms with Gasteiger partial charge in [-0.1, -0.05) is 12.1 Å². The van der Waals surface area contributed by atoms with Crippen LogP contribution in [0.15, 0.2) is 45.6 Å². The smallest absolute Gasteiger partial charge is 0.414 e. The van der Waals surface area contributed by atoms with Crippen LogP contribution < -0.4 is 25.5 Å². The molecular formula is C21H22N4O7S. The van der Waals surface area contributed by atoms with Gasteiger partial charge >= 0.3 is 11.7 Å². The van der Waals surface area contributed by atoms with Crippen molar-refractivity contribution in [3.8, 4) is 5.75 Å². The zero-order valence-corrected chi connectivity index (χ0v) is 18.9. The molecule has 2 amide bonds. The van der Waals surface area contributed by atoms with E-state index < -0.39 is 21.9 Å². The molecule has 0 spiro atoms. The Morgan fingerprint density at radius 1 is 1.24 bits per heavy atom. The lowest BCUT2D eigenvalue weighted by atomic mass is 9.99. The second kappa shape index (κ2) is 9.30. The van der Waals surface area contributed by atoms with Crippen molar-refractivity contribution < 1.29 is 27.2 Å². The molecule has 0 saturated carbocycles. The minimum atomic E-state index is -3.94. The van der Waals surface area contributed by atoms with Crippen LogP contribution in [0.2, 0.25) is 0 Å². The number of hydrogen-bond donors (Lipinski definition) is 3. The van der Waals surface area contributed by atoms with E-state index in [9.17, 15) is 22.8 Å². The number of ether oxygens (including phenoxy) is 1. The highest BCUT2D eigenvalue weighted by Crippen LogP contribution is 2.33. The first kappa shape index (κ1) is 23.8. The molecule has 0 fully saturated rings. The summed E-state index contributed by atoms with van der Waals surface area (Å²) in [5.74, 6) is 0.0189. The van der Waals surface area contributed by atoms with Crippen LogP contribution in [0.1, 0.15) is 16.7 Å². The highest BCUT2D eigenvalue weighted by molar-refractivity contribution is 7.90. The van der Waals surface area contributed by atoms with E-state index >= 15 is 0 Å². The molecule has 0 unspecified atom stereocenters. The third-order valence-electron chi connectivity index (χ3n) is 4.73. The number of nitrogens with one attached hydrogen (secondary N) is 2. The van der Waals surface area contributed by atoms with Crippen molar-refractivity contribution >= 4 is 45.1 Å². The van der Waals surface area contributed by atoms with Crippen LogP contribution >= 0.6 is 0 Å². The van der Waals surface area contributed by atoms with Crippen LogP contribution in [0.4, 0.5) is 16.2 Å². The molecule has 0 radical (unpaired) electrons. The average molecular weight is 474 g/mol. The predicted octanol–water partition coefficient (Wildman–Crippen LogP) is 1.94. The van der Waals surface area contributed by atoms with Gasteiger partial charge in [0, 0.05) is 37.5 Å². The Labute approximate surface area is 189 Å². The van der Waals surface area contributed by atoms with Gasteiger partial charge in [-0.15, -0.1) is 0 Å².